The summed E-state index contributed by atoms with van der Waals surface area (Å²) in [6, 6.07) is 9.88. The van der Waals surface area contributed by atoms with Gasteiger partial charge in [0.05, 0.1) is 17.1 Å². The Hall–Kier alpha value is -2.13. The Morgan fingerprint density at radius 3 is 2.50 bits per heavy atom. The second-order valence-corrected chi connectivity index (χ2v) is 10.2. The van der Waals surface area contributed by atoms with E-state index in [0.717, 1.165) is 0 Å². The van der Waals surface area contributed by atoms with Crippen molar-refractivity contribution in [1.29, 1.82) is 0 Å². The minimum Gasteiger partial charge on any atom is -0.461 e. The summed E-state index contributed by atoms with van der Waals surface area (Å²) in [5, 5.41) is 0.936. The Morgan fingerprint density at radius 1 is 1.10 bits per heavy atom. The van der Waals surface area contributed by atoms with Crippen LogP contribution < -0.4 is 0 Å². The molecule has 3 aromatic rings. The molecule has 1 saturated heterocycles. The summed E-state index contributed by atoms with van der Waals surface area (Å²) in [6.45, 7) is 1.59. The average molecular weight is 469 g/mol. The summed E-state index contributed by atoms with van der Waals surface area (Å²) < 4.78 is 34.0. The van der Waals surface area contributed by atoms with Crippen molar-refractivity contribution >= 4 is 50.1 Å². The van der Waals surface area contributed by atoms with E-state index in [9.17, 15) is 13.2 Å². The lowest BCUT2D eigenvalue weighted by Crippen LogP contribution is -2.41. The van der Waals surface area contributed by atoms with Crippen LogP contribution in [0.5, 0.6) is 0 Å². The number of oxazole rings is 1. The molecule has 1 fully saturated rings. The van der Waals surface area contributed by atoms with Gasteiger partial charge in [0.2, 0.25) is 5.89 Å². The smallest absolute Gasteiger partial charge is 0.338 e. The van der Waals surface area contributed by atoms with Crippen molar-refractivity contribution in [3.8, 4) is 11.5 Å². The number of rotatable bonds is 5. The van der Waals surface area contributed by atoms with Crippen molar-refractivity contribution < 1.29 is 22.4 Å². The number of hydrogen-bond acceptors (Lipinski definition) is 7. The van der Waals surface area contributed by atoms with Gasteiger partial charge in [-0.2, -0.15) is 0 Å². The summed E-state index contributed by atoms with van der Waals surface area (Å²) in [5.41, 5.74) is 2.01. The number of esters is 1. The van der Waals surface area contributed by atoms with Crippen molar-refractivity contribution in [2.24, 2.45) is 0 Å². The fourth-order valence-electron chi connectivity index (χ4n) is 3.18. The first kappa shape index (κ1) is 21.1. The van der Waals surface area contributed by atoms with Gasteiger partial charge in [0, 0.05) is 35.2 Å². The van der Waals surface area contributed by atoms with Crippen LogP contribution >= 0.6 is 23.2 Å². The molecule has 1 aliphatic heterocycles. The fraction of sp³-hybridized carbons (Fsp3) is 0.300. The summed E-state index contributed by atoms with van der Waals surface area (Å²) >= 11 is 12.1. The number of halogens is 2. The quantitative estimate of drug-likeness (QED) is 0.527. The molecule has 0 radical (unpaired) electrons. The minimum absolute atomic E-state index is 0.142. The highest BCUT2D eigenvalue weighted by Crippen LogP contribution is 2.29. The normalized spacial score (nSPS) is 16.6. The molecule has 30 heavy (non-hydrogen) atoms. The first-order chi connectivity index (χ1) is 14.3. The minimum atomic E-state index is -2.92. The number of carbonyl (C=O) groups excluding carboxylic acids is 1. The summed E-state index contributed by atoms with van der Waals surface area (Å²) in [4.78, 5) is 18.7. The number of sulfone groups is 1. The van der Waals surface area contributed by atoms with Crippen LogP contribution in [0.1, 0.15) is 10.4 Å². The largest absolute Gasteiger partial charge is 0.461 e. The van der Waals surface area contributed by atoms with E-state index in [2.05, 4.69) is 4.98 Å². The number of fused-ring (bicyclic) bond motifs is 1. The van der Waals surface area contributed by atoms with Crippen LogP contribution in [0, 0.1) is 0 Å². The molecule has 0 saturated carbocycles. The number of carbonyl (C=O) groups is 1. The highest BCUT2D eigenvalue weighted by Gasteiger charge is 2.21. The summed E-state index contributed by atoms with van der Waals surface area (Å²) in [5.74, 6) is 0.150. The molecule has 0 atom stereocenters. The first-order valence-corrected chi connectivity index (χ1v) is 11.8. The standard InChI is InChI=1S/C20H18Cl2N2O5S/c21-15-9-14(10-16(22)12-15)19-23-17-2-1-13(11-18(17)29-19)20(25)28-6-3-24-4-7-30(26,27)8-5-24/h1-2,9-12H,3-8H2. The van der Waals surface area contributed by atoms with E-state index < -0.39 is 15.8 Å². The highest BCUT2D eigenvalue weighted by molar-refractivity contribution is 7.91. The van der Waals surface area contributed by atoms with Gasteiger partial charge in [-0.1, -0.05) is 23.2 Å². The number of benzene rings is 2. The number of hydrogen-bond donors (Lipinski definition) is 0. The Labute approximate surface area is 183 Å². The molecule has 10 heteroatoms. The Bertz CT molecular complexity index is 1170. The monoisotopic (exact) mass is 468 g/mol. The Kier molecular flexibility index (Phi) is 6.02. The summed E-state index contributed by atoms with van der Waals surface area (Å²) in [7, 11) is -2.92. The predicted octanol–water partition coefficient (Wildman–Crippen LogP) is 3.69. The van der Waals surface area contributed by atoms with Crippen molar-refractivity contribution in [3.63, 3.8) is 0 Å². The molecule has 0 spiro atoms. The van der Waals surface area contributed by atoms with Gasteiger partial charge < -0.3 is 9.15 Å². The molecule has 2 aromatic carbocycles. The van der Waals surface area contributed by atoms with Gasteiger partial charge in [-0.15, -0.1) is 0 Å². The zero-order chi connectivity index (χ0) is 21.3. The van der Waals surface area contributed by atoms with Crippen LogP contribution in [0.15, 0.2) is 40.8 Å². The third kappa shape index (κ3) is 4.95. The van der Waals surface area contributed by atoms with Gasteiger partial charge in [0.25, 0.3) is 0 Å². The Balaban J connectivity index is 1.41. The molecule has 0 N–H and O–H groups in total. The van der Waals surface area contributed by atoms with Crippen LogP contribution in [0.2, 0.25) is 10.0 Å². The molecule has 0 bridgehead atoms. The number of ether oxygens (including phenoxy) is 1. The Morgan fingerprint density at radius 2 is 1.80 bits per heavy atom. The zero-order valence-corrected chi connectivity index (χ0v) is 18.1. The van der Waals surface area contributed by atoms with E-state index in [-0.39, 0.29) is 18.1 Å². The maximum Gasteiger partial charge on any atom is 0.338 e. The topological polar surface area (TPSA) is 89.7 Å². The van der Waals surface area contributed by atoms with Crippen LogP contribution in [-0.2, 0) is 14.6 Å². The second-order valence-electron chi connectivity index (χ2n) is 6.99. The number of nitrogens with zero attached hydrogens (tertiary/aromatic N) is 2. The van der Waals surface area contributed by atoms with Crippen molar-refractivity contribution in [2.45, 2.75) is 0 Å². The summed E-state index contributed by atoms with van der Waals surface area (Å²) in [6.07, 6.45) is 0. The van der Waals surface area contributed by atoms with Gasteiger partial charge in [0.1, 0.15) is 12.1 Å². The van der Waals surface area contributed by atoms with E-state index in [0.29, 0.717) is 57.8 Å². The van der Waals surface area contributed by atoms with Crippen molar-refractivity contribution in [1.82, 2.24) is 9.88 Å². The van der Waals surface area contributed by atoms with E-state index in [4.69, 9.17) is 32.4 Å². The molecular weight excluding hydrogens is 451 g/mol. The molecule has 4 rings (SSSR count). The molecule has 0 unspecified atom stereocenters. The van der Waals surface area contributed by atoms with Crippen LogP contribution in [-0.4, -0.2) is 62.0 Å². The predicted molar refractivity (Wildman–Crippen MR) is 115 cm³/mol. The SMILES string of the molecule is O=C(OCCN1CCS(=O)(=O)CC1)c1ccc2nc(-c3cc(Cl)cc(Cl)c3)oc2c1. The third-order valence-corrected chi connectivity index (χ3v) is 6.86. The van der Waals surface area contributed by atoms with E-state index >= 15 is 0 Å². The van der Waals surface area contributed by atoms with Crippen LogP contribution in [0.3, 0.4) is 0 Å². The molecule has 0 amide bonds. The van der Waals surface area contributed by atoms with Gasteiger partial charge in [-0.05, 0) is 36.4 Å². The number of aromatic nitrogens is 1. The van der Waals surface area contributed by atoms with Crippen LogP contribution in [0.4, 0.5) is 0 Å². The molecule has 1 aromatic heterocycles. The van der Waals surface area contributed by atoms with Gasteiger partial charge in [0.15, 0.2) is 15.4 Å². The lowest BCUT2D eigenvalue weighted by atomic mass is 10.2. The molecule has 1 aliphatic rings. The van der Waals surface area contributed by atoms with E-state index in [1.165, 1.54) is 0 Å². The van der Waals surface area contributed by atoms with Gasteiger partial charge in [-0.3, -0.25) is 4.90 Å². The van der Waals surface area contributed by atoms with E-state index in [1.807, 2.05) is 4.90 Å². The lowest BCUT2D eigenvalue weighted by Gasteiger charge is -2.26. The average Bonchev–Trinajstić information content (AvgIpc) is 3.12. The lowest BCUT2D eigenvalue weighted by molar-refractivity contribution is 0.0465. The molecule has 0 aliphatic carbocycles. The second kappa shape index (κ2) is 8.55. The van der Waals surface area contributed by atoms with E-state index in [1.54, 1.807) is 36.4 Å². The third-order valence-electron chi connectivity index (χ3n) is 4.81. The van der Waals surface area contributed by atoms with Gasteiger partial charge >= 0.3 is 5.97 Å². The first-order valence-electron chi connectivity index (χ1n) is 9.26. The van der Waals surface area contributed by atoms with Crippen molar-refractivity contribution in [3.05, 3.63) is 52.0 Å². The van der Waals surface area contributed by atoms with Crippen LogP contribution in [0.25, 0.3) is 22.6 Å². The maximum absolute atomic E-state index is 12.4. The fourth-order valence-corrected chi connectivity index (χ4v) is 4.98. The molecular formula is C20H18Cl2N2O5S. The maximum atomic E-state index is 12.4. The zero-order valence-electron chi connectivity index (χ0n) is 15.8. The van der Waals surface area contributed by atoms with Gasteiger partial charge in [-0.25, -0.2) is 18.2 Å². The molecule has 7 nitrogen and oxygen atoms in total. The highest BCUT2D eigenvalue weighted by atomic mass is 35.5. The molecule has 158 valence electrons. The van der Waals surface area contributed by atoms with Crippen molar-refractivity contribution in [2.75, 3.05) is 37.7 Å². The molecule has 2 heterocycles.